The van der Waals surface area contributed by atoms with Gasteiger partial charge in [0, 0.05) is 6.54 Å². The molecule has 0 saturated carbocycles. The third kappa shape index (κ3) is 2.12. The molecule has 3 rings (SSSR count). The van der Waals surface area contributed by atoms with Crippen LogP contribution in [0.2, 0.25) is 5.22 Å². The SMILES string of the molecule is CCn1c(CC(=O)c2ccoc2Cl)nc2ccccc21. The van der Waals surface area contributed by atoms with Crippen LogP contribution in [0.1, 0.15) is 23.1 Å². The van der Waals surface area contributed by atoms with E-state index in [0.29, 0.717) is 5.56 Å². The van der Waals surface area contributed by atoms with Crippen LogP contribution in [0.25, 0.3) is 11.0 Å². The highest BCUT2D eigenvalue weighted by Crippen LogP contribution is 2.21. The van der Waals surface area contributed by atoms with Gasteiger partial charge in [-0.2, -0.15) is 0 Å². The molecule has 0 saturated heterocycles. The van der Waals surface area contributed by atoms with Crippen molar-refractivity contribution in [3.8, 4) is 0 Å². The van der Waals surface area contributed by atoms with Crippen molar-refractivity contribution >= 4 is 28.4 Å². The summed E-state index contributed by atoms with van der Waals surface area (Å²) < 4.78 is 7.00. The van der Waals surface area contributed by atoms with Crippen LogP contribution in [0.5, 0.6) is 0 Å². The highest BCUT2D eigenvalue weighted by atomic mass is 35.5. The lowest BCUT2D eigenvalue weighted by atomic mass is 10.1. The summed E-state index contributed by atoms with van der Waals surface area (Å²) in [5.74, 6) is 0.657. The van der Waals surface area contributed by atoms with Crippen molar-refractivity contribution in [2.45, 2.75) is 19.9 Å². The molecule has 0 aliphatic rings. The van der Waals surface area contributed by atoms with Gasteiger partial charge in [-0.15, -0.1) is 0 Å². The Morgan fingerprint density at radius 2 is 2.15 bits per heavy atom. The predicted molar refractivity (Wildman–Crippen MR) is 77.2 cm³/mol. The fraction of sp³-hybridized carbons (Fsp3) is 0.200. The predicted octanol–water partition coefficient (Wildman–Crippen LogP) is 3.73. The molecule has 0 N–H and O–H groups in total. The van der Waals surface area contributed by atoms with Crippen molar-refractivity contribution in [3.63, 3.8) is 0 Å². The van der Waals surface area contributed by atoms with Gasteiger partial charge < -0.3 is 8.98 Å². The number of carbonyl (C=O) groups excluding carboxylic acids is 1. The number of para-hydroxylation sites is 2. The minimum Gasteiger partial charge on any atom is -0.452 e. The molecular weight excluding hydrogens is 276 g/mol. The van der Waals surface area contributed by atoms with Crippen molar-refractivity contribution in [3.05, 3.63) is 53.2 Å². The molecule has 0 aliphatic heterocycles. The summed E-state index contributed by atoms with van der Waals surface area (Å²) in [6.07, 6.45) is 1.63. The Balaban J connectivity index is 1.99. The van der Waals surface area contributed by atoms with Gasteiger partial charge in [0.05, 0.1) is 29.3 Å². The first-order valence-corrected chi connectivity index (χ1v) is 6.79. The topological polar surface area (TPSA) is 48.0 Å². The van der Waals surface area contributed by atoms with Crippen molar-refractivity contribution in [1.82, 2.24) is 9.55 Å². The second-order valence-electron chi connectivity index (χ2n) is 4.47. The van der Waals surface area contributed by atoms with Gasteiger partial charge in [0.1, 0.15) is 5.82 Å². The number of carbonyl (C=O) groups is 1. The highest BCUT2D eigenvalue weighted by molar-refractivity contribution is 6.32. The zero-order valence-electron chi connectivity index (χ0n) is 11.0. The fourth-order valence-corrected chi connectivity index (χ4v) is 2.57. The first kappa shape index (κ1) is 12.9. The molecular formula is C15H13ClN2O2. The number of imidazole rings is 1. The average molecular weight is 289 g/mol. The van der Waals surface area contributed by atoms with E-state index in [1.165, 1.54) is 6.26 Å². The van der Waals surface area contributed by atoms with Gasteiger partial charge in [-0.3, -0.25) is 4.79 Å². The monoisotopic (exact) mass is 288 g/mol. The smallest absolute Gasteiger partial charge is 0.203 e. The normalized spacial score (nSPS) is 11.1. The molecule has 2 heterocycles. The van der Waals surface area contributed by atoms with E-state index in [1.807, 2.05) is 35.8 Å². The average Bonchev–Trinajstić information content (AvgIpc) is 3.01. The van der Waals surface area contributed by atoms with Crippen molar-refractivity contribution in [2.75, 3.05) is 0 Å². The maximum atomic E-state index is 12.2. The quantitative estimate of drug-likeness (QED) is 0.687. The van der Waals surface area contributed by atoms with Crippen LogP contribution >= 0.6 is 11.6 Å². The first-order chi connectivity index (χ1) is 9.70. The molecule has 0 unspecified atom stereocenters. The van der Waals surface area contributed by atoms with Crippen molar-refractivity contribution in [2.24, 2.45) is 0 Å². The third-order valence-corrected chi connectivity index (χ3v) is 3.58. The van der Waals surface area contributed by atoms with Crippen LogP contribution in [0.4, 0.5) is 0 Å². The number of ketones is 1. The zero-order chi connectivity index (χ0) is 14.1. The van der Waals surface area contributed by atoms with E-state index in [9.17, 15) is 4.79 Å². The zero-order valence-corrected chi connectivity index (χ0v) is 11.7. The van der Waals surface area contributed by atoms with Gasteiger partial charge in [0.2, 0.25) is 5.22 Å². The number of hydrogen-bond acceptors (Lipinski definition) is 3. The van der Waals surface area contributed by atoms with Crippen LogP contribution in [0.3, 0.4) is 0 Å². The van der Waals surface area contributed by atoms with E-state index >= 15 is 0 Å². The lowest BCUT2D eigenvalue weighted by Gasteiger charge is -2.04. The molecule has 0 atom stereocenters. The number of nitrogens with zero attached hydrogens (tertiary/aromatic N) is 2. The molecule has 0 bridgehead atoms. The number of Topliss-reactive ketones (excluding diaryl/α,β-unsaturated/α-hetero) is 1. The summed E-state index contributed by atoms with van der Waals surface area (Å²) >= 11 is 5.84. The number of rotatable bonds is 4. The number of aryl methyl sites for hydroxylation is 1. The Bertz CT molecular complexity index is 773. The number of aromatic nitrogens is 2. The molecule has 4 nitrogen and oxygen atoms in total. The summed E-state index contributed by atoms with van der Waals surface area (Å²) in [6, 6.07) is 9.44. The maximum absolute atomic E-state index is 12.2. The fourth-order valence-electron chi connectivity index (χ4n) is 2.35. The van der Waals surface area contributed by atoms with E-state index in [4.69, 9.17) is 16.0 Å². The maximum Gasteiger partial charge on any atom is 0.203 e. The largest absolute Gasteiger partial charge is 0.452 e. The number of furan rings is 1. The Hall–Kier alpha value is -2.07. The van der Waals surface area contributed by atoms with E-state index in [2.05, 4.69) is 4.98 Å². The molecule has 2 aromatic heterocycles. The molecule has 102 valence electrons. The molecule has 1 aromatic carbocycles. The molecule has 0 radical (unpaired) electrons. The van der Waals surface area contributed by atoms with Crippen LogP contribution in [-0.4, -0.2) is 15.3 Å². The van der Waals surface area contributed by atoms with Crippen LogP contribution < -0.4 is 0 Å². The summed E-state index contributed by atoms with van der Waals surface area (Å²) in [7, 11) is 0. The number of hydrogen-bond donors (Lipinski definition) is 0. The number of halogens is 1. The molecule has 3 aromatic rings. The molecule has 0 spiro atoms. The Morgan fingerprint density at radius 1 is 1.35 bits per heavy atom. The van der Waals surface area contributed by atoms with Gasteiger partial charge >= 0.3 is 0 Å². The molecule has 0 fully saturated rings. The molecule has 5 heteroatoms. The molecule has 0 amide bonds. The van der Waals surface area contributed by atoms with Gasteiger partial charge in [-0.05, 0) is 36.7 Å². The van der Waals surface area contributed by atoms with E-state index in [-0.39, 0.29) is 17.4 Å². The molecule has 20 heavy (non-hydrogen) atoms. The summed E-state index contributed by atoms with van der Waals surface area (Å²) in [6.45, 7) is 2.80. The second-order valence-corrected chi connectivity index (χ2v) is 4.81. The van der Waals surface area contributed by atoms with E-state index < -0.39 is 0 Å². The Kier molecular flexibility index (Phi) is 3.32. The summed E-state index contributed by atoms with van der Waals surface area (Å²) in [4.78, 5) is 16.8. The second kappa shape index (κ2) is 5.13. The van der Waals surface area contributed by atoms with Gasteiger partial charge in [0.25, 0.3) is 0 Å². The standard InChI is InChI=1S/C15H13ClN2O2/c1-2-18-12-6-4-3-5-11(12)17-14(18)9-13(19)10-7-8-20-15(10)16/h3-8H,2,9H2,1H3. The van der Waals surface area contributed by atoms with Gasteiger partial charge in [-0.25, -0.2) is 4.98 Å². The number of benzene rings is 1. The van der Waals surface area contributed by atoms with Crippen LogP contribution in [0.15, 0.2) is 41.0 Å². The minimum absolute atomic E-state index is 0.0891. The van der Waals surface area contributed by atoms with Crippen LogP contribution in [0, 0.1) is 0 Å². The summed E-state index contributed by atoms with van der Waals surface area (Å²) in [5.41, 5.74) is 2.34. The lowest BCUT2D eigenvalue weighted by Crippen LogP contribution is -2.09. The van der Waals surface area contributed by atoms with Crippen molar-refractivity contribution < 1.29 is 9.21 Å². The lowest BCUT2D eigenvalue weighted by molar-refractivity contribution is 0.0989. The Morgan fingerprint density at radius 3 is 2.85 bits per heavy atom. The van der Waals surface area contributed by atoms with Crippen molar-refractivity contribution in [1.29, 1.82) is 0 Å². The van der Waals surface area contributed by atoms with Gasteiger partial charge in [-0.1, -0.05) is 12.1 Å². The van der Waals surface area contributed by atoms with E-state index in [0.717, 1.165) is 23.4 Å². The molecule has 0 aliphatic carbocycles. The van der Waals surface area contributed by atoms with Gasteiger partial charge in [0.15, 0.2) is 5.78 Å². The highest BCUT2D eigenvalue weighted by Gasteiger charge is 2.17. The summed E-state index contributed by atoms with van der Waals surface area (Å²) in [5, 5.41) is 0.133. The van der Waals surface area contributed by atoms with Crippen LogP contribution in [-0.2, 0) is 13.0 Å². The third-order valence-electron chi connectivity index (χ3n) is 3.29. The van der Waals surface area contributed by atoms with E-state index in [1.54, 1.807) is 6.07 Å². The number of fused-ring (bicyclic) bond motifs is 1. The minimum atomic E-state index is -0.0891. The Labute approximate surface area is 121 Å². The first-order valence-electron chi connectivity index (χ1n) is 6.41.